The zero-order valence-corrected chi connectivity index (χ0v) is 17.5. The number of alkyl carbamates (subject to hydrolysis) is 1. The highest BCUT2D eigenvalue weighted by atomic mass is 17.0. The van der Waals surface area contributed by atoms with Gasteiger partial charge >= 0.3 is 23.9 Å². The number of hydrogen-bond donors (Lipinski definition) is 1. The molecule has 10 heteroatoms. The first-order valence-corrected chi connectivity index (χ1v) is 10.4. The van der Waals surface area contributed by atoms with Gasteiger partial charge in [0.1, 0.15) is 19.3 Å². The van der Waals surface area contributed by atoms with Crippen LogP contribution in [0.1, 0.15) is 17.5 Å². The number of ether oxygens (including phenoxy) is 2. The molecule has 0 spiro atoms. The Balaban J connectivity index is 1.23. The van der Waals surface area contributed by atoms with Crippen LogP contribution in [0.4, 0.5) is 4.79 Å². The molecule has 2 aromatic carbocycles. The second-order valence-electron chi connectivity index (χ2n) is 7.61. The summed E-state index contributed by atoms with van der Waals surface area (Å²) in [5, 5.41) is 2.75. The van der Waals surface area contributed by atoms with Gasteiger partial charge in [-0.3, -0.25) is 9.59 Å². The molecule has 2 saturated heterocycles. The number of hydroxylamine groups is 2. The van der Waals surface area contributed by atoms with Crippen LogP contribution in [0.15, 0.2) is 60.7 Å². The van der Waals surface area contributed by atoms with E-state index in [4.69, 9.17) is 19.1 Å². The number of carbonyl (C=O) groups is 4. The van der Waals surface area contributed by atoms with Crippen molar-refractivity contribution in [2.75, 3.05) is 6.61 Å². The van der Waals surface area contributed by atoms with Crippen molar-refractivity contribution >= 4 is 23.9 Å². The van der Waals surface area contributed by atoms with E-state index in [2.05, 4.69) is 5.32 Å². The summed E-state index contributed by atoms with van der Waals surface area (Å²) in [4.78, 5) is 58.9. The predicted octanol–water partition coefficient (Wildman–Crippen LogP) is 1.69. The monoisotopic (exact) mass is 454 g/mol. The van der Waals surface area contributed by atoms with Gasteiger partial charge in [0, 0.05) is 6.42 Å². The molecule has 0 saturated carbocycles. The van der Waals surface area contributed by atoms with Gasteiger partial charge in [-0.1, -0.05) is 60.7 Å². The first kappa shape index (κ1) is 22.3. The second kappa shape index (κ2) is 10.1. The van der Waals surface area contributed by atoms with E-state index in [1.165, 1.54) is 0 Å². The highest BCUT2D eigenvalue weighted by molar-refractivity contribution is 5.88. The lowest BCUT2D eigenvalue weighted by molar-refractivity contribution is -0.306. The molecule has 2 aliphatic rings. The first-order chi connectivity index (χ1) is 16.0. The van der Waals surface area contributed by atoms with Crippen LogP contribution in [-0.4, -0.2) is 47.9 Å². The minimum absolute atomic E-state index is 0.0321. The number of amides is 2. The summed E-state index contributed by atoms with van der Waals surface area (Å²) >= 11 is 0. The Morgan fingerprint density at radius 1 is 1.00 bits per heavy atom. The summed E-state index contributed by atoms with van der Waals surface area (Å²) < 4.78 is 10.2. The van der Waals surface area contributed by atoms with E-state index in [0.717, 1.165) is 11.1 Å². The Hall–Kier alpha value is -3.92. The molecule has 1 N–H and O–H groups in total. The van der Waals surface area contributed by atoms with E-state index in [0.29, 0.717) is 11.6 Å². The van der Waals surface area contributed by atoms with Gasteiger partial charge in [0.15, 0.2) is 0 Å². The average molecular weight is 454 g/mol. The molecular weight excluding hydrogens is 432 g/mol. The molecule has 2 unspecified atom stereocenters. The van der Waals surface area contributed by atoms with Crippen molar-refractivity contribution in [1.29, 1.82) is 0 Å². The minimum Gasteiger partial charge on any atom is -0.450 e. The summed E-state index contributed by atoms with van der Waals surface area (Å²) in [6.45, 7) is -0.210. The van der Waals surface area contributed by atoms with Crippen molar-refractivity contribution in [3.05, 3.63) is 71.8 Å². The molecule has 172 valence electrons. The number of rotatable bonds is 7. The van der Waals surface area contributed by atoms with E-state index >= 15 is 0 Å². The molecule has 2 aromatic rings. The van der Waals surface area contributed by atoms with Crippen LogP contribution in [0.3, 0.4) is 0 Å². The Morgan fingerprint density at radius 2 is 1.67 bits per heavy atom. The standard InChI is InChI=1S/C23H22N2O8/c26-20-18(24-23(29)30-13-16-9-5-2-6-10-16)14-31-25(20)33-22(28)19-12-17(21(27)32-19)11-15-7-3-1-4-8-15/h1-10,17-19H,11-14H2,(H,24,29)/t17?,18-,19?/m0/s1. The lowest BCUT2D eigenvalue weighted by Crippen LogP contribution is -2.43. The van der Waals surface area contributed by atoms with Crippen LogP contribution >= 0.6 is 0 Å². The largest absolute Gasteiger partial charge is 0.450 e. The van der Waals surface area contributed by atoms with E-state index in [9.17, 15) is 19.2 Å². The van der Waals surface area contributed by atoms with Crippen molar-refractivity contribution in [1.82, 2.24) is 10.5 Å². The third-order valence-corrected chi connectivity index (χ3v) is 5.19. The number of carbonyl (C=O) groups excluding carboxylic acids is 4. The number of esters is 1. The number of benzene rings is 2. The maximum absolute atomic E-state index is 12.4. The first-order valence-electron chi connectivity index (χ1n) is 10.4. The summed E-state index contributed by atoms with van der Waals surface area (Å²) in [6, 6.07) is 17.3. The van der Waals surface area contributed by atoms with E-state index < -0.39 is 42.0 Å². The number of nitrogens with zero attached hydrogens (tertiary/aromatic N) is 1. The number of nitrogens with one attached hydrogen (secondary N) is 1. The molecule has 0 radical (unpaired) electrons. The topological polar surface area (TPSA) is 120 Å². The fourth-order valence-electron chi connectivity index (χ4n) is 3.48. The molecule has 10 nitrogen and oxygen atoms in total. The van der Waals surface area contributed by atoms with Gasteiger partial charge < -0.3 is 19.6 Å². The molecule has 4 rings (SSSR count). The molecule has 3 atom stereocenters. The van der Waals surface area contributed by atoms with Crippen molar-refractivity contribution in [2.24, 2.45) is 5.92 Å². The quantitative estimate of drug-likeness (QED) is 0.628. The summed E-state index contributed by atoms with van der Waals surface area (Å²) in [5.41, 5.74) is 1.73. The lowest BCUT2D eigenvalue weighted by atomic mass is 9.96. The molecule has 2 fully saturated rings. The lowest BCUT2D eigenvalue weighted by Gasteiger charge is -2.15. The Labute approximate surface area is 189 Å². The zero-order chi connectivity index (χ0) is 23.2. The summed E-state index contributed by atoms with van der Waals surface area (Å²) in [6.07, 6.45) is -1.41. The Kier molecular flexibility index (Phi) is 6.84. The van der Waals surface area contributed by atoms with Crippen molar-refractivity contribution in [2.45, 2.75) is 31.6 Å². The third-order valence-electron chi connectivity index (χ3n) is 5.19. The fraction of sp³-hybridized carbons (Fsp3) is 0.304. The van der Waals surface area contributed by atoms with E-state index in [-0.39, 0.29) is 19.6 Å². The van der Waals surface area contributed by atoms with Gasteiger partial charge in [0.2, 0.25) is 6.10 Å². The highest BCUT2D eigenvalue weighted by Crippen LogP contribution is 2.26. The predicted molar refractivity (Wildman–Crippen MR) is 111 cm³/mol. The van der Waals surface area contributed by atoms with Gasteiger partial charge in [-0.15, -0.1) is 0 Å². The molecule has 0 bridgehead atoms. The Bertz CT molecular complexity index is 1010. The number of cyclic esters (lactones) is 1. The van der Waals surface area contributed by atoms with Crippen molar-refractivity contribution < 1.29 is 38.3 Å². The van der Waals surface area contributed by atoms with Crippen LogP contribution in [0.2, 0.25) is 0 Å². The molecule has 2 amide bonds. The summed E-state index contributed by atoms with van der Waals surface area (Å²) in [7, 11) is 0. The van der Waals surface area contributed by atoms with E-state index in [1.807, 2.05) is 48.5 Å². The molecule has 2 aliphatic heterocycles. The molecule has 0 aromatic heterocycles. The minimum atomic E-state index is -1.15. The summed E-state index contributed by atoms with van der Waals surface area (Å²) in [5.74, 6) is -2.71. The van der Waals surface area contributed by atoms with Crippen LogP contribution in [0, 0.1) is 5.92 Å². The van der Waals surface area contributed by atoms with Gasteiger partial charge in [-0.05, 0) is 22.8 Å². The van der Waals surface area contributed by atoms with Gasteiger partial charge in [-0.2, -0.15) is 0 Å². The molecular formula is C23H22N2O8. The molecule has 0 aliphatic carbocycles. The van der Waals surface area contributed by atoms with Crippen LogP contribution < -0.4 is 5.32 Å². The SMILES string of the molecule is O=C(N[C@H]1CON(OC(=O)C2CC(Cc3ccccc3)C(=O)O2)C1=O)OCc1ccccc1. The van der Waals surface area contributed by atoms with Crippen molar-refractivity contribution in [3.8, 4) is 0 Å². The van der Waals surface area contributed by atoms with Crippen LogP contribution in [-0.2, 0) is 46.6 Å². The van der Waals surface area contributed by atoms with E-state index in [1.54, 1.807) is 12.1 Å². The maximum atomic E-state index is 12.4. The van der Waals surface area contributed by atoms with Gasteiger partial charge in [0.25, 0.3) is 0 Å². The maximum Gasteiger partial charge on any atom is 0.408 e. The normalized spacial score (nSPS) is 22.1. The zero-order valence-electron chi connectivity index (χ0n) is 17.5. The van der Waals surface area contributed by atoms with Crippen molar-refractivity contribution in [3.63, 3.8) is 0 Å². The Morgan fingerprint density at radius 3 is 2.36 bits per heavy atom. The van der Waals surface area contributed by atoms with Crippen LogP contribution in [0.5, 0.6) is 0 Å². The fourth-order valence-corrected chi connectivity index (χ4v) is 3.48. The van der Waals surface area contributed by atoms with Gasteiger partial charge in [0.05, 0.1) is 5.92 Å². The second-order valence-corrected chi connectivity index (χ2v) is 7.61. The highest BCUT2D eigenvalue weighted by Gasteiger charge is 2.43. The molecule has 33 heavy (non-hydrogen) atoms. The smallest absolute Gasteiger partial charge is 0.408 e. The van der Waals surface area contributed by atoms with Gasteiger partial charge in [-0.25, -0.2) is 14.4 Å². The third kappa shape index (κ3) is 5.66. The van der Waals surface area contributed by atoms with Crippen LogP contribution in [0.25, 0.3) is 0 Å². The number of hydrogen-bond acceptors (Lipinski definition) is 8. The molecule has 2 heterocycles. The average Bonchev–Trinajstić information content (AvgIpc) is 3.36.